The Labute approximate surface area is 113 Å². The van der Waals surface area contributed by atoms with Crippen molar-refractivity contribution in [3.05, 3.63) is 60.0 Å². The lowest BCUT2D eigenvalue weighted by Crippen LogP contribution is -2.04. The molecule has 4 nitrogen and oxygen atoms in total. The molecule has 1 heterocycles. The molecule has 0 aliphatic carbocycles. The number of halogens is 1. The summed E-state index contributed by atoms with van der Waals surface area (Å²) in [6, 6.07) is 12.6. The highest BCUT2D eigenvalue weighted by Crippen LogP contribution is 2.22. The summed E-state index contributed by atoms with van der Waals surface area (Å²) < 4.78 is 13.3. The van der Waals surface area contributed by atoms with Gasteiger partial charge in [-0.2, -0.15) is 0 Å². The minimum absolute atomic E-state index is 0.0881. The largest absolute Gasteiger partial charge is 0.476 e. The number of carboxylic acid groups (broad SMARTS) is 1. The molecule has 0 saturated carbocycles. The Morgan fingerprint density at radius 3 is 2.60 bits per heavy atom. The smallest absolute Gasteiger partial charge is 0.355 e. The normalized spacial score (nSPS) is 10.7. The highest BCUT2D eigenvalue weighted by Gasteiger charge is 2.14. The van der Waals surface area contributed by atoms with E-state index in [4.69, 9.17) is 0 Å². The van der Waals surface area contributed by atoms with E-state index in [-0.39, 0.29) is 11.5 Å². The first-order valence-electron chi connectivity index (χ1n) is 5.91. The molecule has 0 aliphatic rings. The first-order valence-corrected chi connectivity index (χ1v) is 5.91. The van der Waals surface area contributed by atoms with Gasteiger partial charge in [0.1, 0.15) is 5.82 Å². The average molecular weight is 268 g/mol. The van der Waals surface area contributed by atoms with Gasteiger partial charge in [0.25, 0.3) is 0 Å². The first-order chi connectivity index (χ1) is 9.65. The van der Waals surface area contributed by atoms with Gasteiger partial charge in [0.2, 0.25) is 0 Å². The fourth-order valence-electron chi connectivity index (χ4n) is 2.00. The number of para-hydroxylation sites is 1. The fourth-order valence-corrected chi connectivity index (χ4v) is 2.00. The van der Waals surface area contributed by atoms with Gasteiger partial charge in [0.05, 0.1) is 5.52 Å². The van der Waals surface area contributed by atoms with E-state index in [1.807, 2.05) is 0 Å². The number of rotatable bonds is 2. The monoisotopic (exact) mass is 268 g/mol. The van der Waals surface area contributed by atoms with Crippen LogP contribution in [0.25, 0.3) is 22.3 Å². The summed E-state index contributed by atoms with van der Waals surface area (Å²) in [6.07, 6.45) is 0. The average Bonchev–Trinajstić information content (AvgIpc) is 2.46. The number of hydrogen-bond acceptors (Lipinski definition) is 3. The molecule has 3 aromatic rings. The molecule has 0 aliphatic heterocycles. The molecule has 98 valence electrons. The van der Waals surface area contributed by atoms with E-state index in [2.05, 4.69) is 9.97 Å². The number of carboxylic acids is 1. The molecule has 0 radical (unpaired) electrons. The van der Waals surface area contributed by atoms with E-state index < -0.39 is 11.8 Å². The van der Waals surface area contributed by atoms with Gasteiger partial charge < -0.3 is 5.11 Å². The number of hydrogen-bond donors (Lipinski definition) is 1. The van der Waals surface area contributed by atoms with Gasteiger partial charge in [0, 0.05) is 10.9 Å². The highest BCUT2D eigenvalue weighted by molar-refractivity contribution is 6.01. The molecule has 0 bridgehead atoms. The van der Waals surface area contributed by atoms with Crippen molar-refractivity contribution in [2.45, 2.75) is 0 Å². The van der Waals surface area contributed by atoms with Crippen LogP contribution in [0.15, 0.2) is 48.5 Å². The number of nitrogens with zero attached hydrogens (tertiary/aromatic N) is 2. The molecule has 5 heteroatoms. The maximum Gasteiger partial charge on any atom is 0.355 e. The fraction of sp³-hybridized carbons (Fsp3) is 0. The van der Waals surface area contributed by atoms with Crippen molar-refractivity contribution in [3.8, 4) is 11.4 Å². The molecule has 0 spiro atoms. The summed E-state index contributed by atoms with van der Waals surface area (Å²) in [7, 11) is 0. The summed E-state index contributed by atoms with van der Waals surface area (Å²) in [5, 5.41) is 9.70. The molecule has 0 unspecified atom stereocenters. The second kappa shape index (κ2) is 4.70. The van der Waals surface area contributed by atoms with Crippen LogP contribution in [0.4, 0.5) is 4.39 Å². The summed E-state index contributed by atoms with van der Waals surface area (Å²) in [5.74, 6) is -1.36. The Kier molecular flexibility index (Phi) is 2.87. The predicted molar refractivity (Wildman–Crippen MR) is 71.9 cm³/mol. The van der Waals surface area contributed by atoms with Gasteiger partial charge in [-0.3, -0.25) is 0 Å². The lowest BCUT2D eigenvalue weighted by atomic mass is 10.1. The Morgan fingerprint density at radius 1 is 1.05 bits per heavy atom. The zero-order valence-corrected chi connectivity index (χ0v) is 10.2. The molecule has 0 amide bonds. The third-order valence-corrected chi connectivity index (χ3v) is 2.89. The second-order valence-corrected chi connectivity index (χ2v) is 4.23. The van der Waals surface area contributed by atoms with Crippen molar-refractivity contribution in [3.63, 3.8) is 0 Å². The van der Waals surface area contributed by atoms with E-state index >= 15 is 0 Å². The van der Waals surface area contributed by atoms with Crippen molar-refractivity contribution in [2.75, 3.05) is 0 Å². The number of benzene rings is 2. The molecule has 0 fully saturated rings. The number of fused-ring (bicyclic) bond motifs is 1. The third kappa shape index (κ3) is 2.09. The van der Waals surface area contributed by atoms with Crippen molar-refractivity contribution >= 4 is 16.9 Å². The van der Waals surface area contributed by atoms with Crippen molar-refractivity contribution < 1.29 is 14.3 Å². The van der Waals surface area contributed by atoms with Gasteiger partial charge >= 0.3 is 5.97 Å². The number of aromatic nitrogens is 2. The summed E-state index contributed by atoms with van der Waals surface area (Å²) >= 11 is 0. The molecular formula is C15H9FN2O2. The molecule has 2 aromatic carbocycles. The minimum atomic E-state index is -1.14. The van der Waals surface area contributed by atoms with Gasteiger partial charge in [-0.1, -0.05) is 30.3 Å². The van der Waals surface area contributed by atoms with Crippen LogP contribution in [0, 0.1) is 5.82 Å². The third-order valence-electron chi connectivity index (χ3n) is 2.89. The molecule has 3 rings (SSSR count). The van der Waals surface area contributed by atoms with Crippen LogP contribution in [0.3, 0.4) is 0 Å². The Balaban J connectivity index is 2.30. The van der Waals surface area contributed by atoms with Gasteiger partial charge in [0.15, 0.2) is 11.5 Å². The molecule has 20 heavy (non-hydrogen) atoms. The van der Waals surface area contributed by atoms with Crippen molar-refractivity contribution in [2.24, 2.45) is 0 Å². The molecule has 0 atom stereocenters. The zero-order valence-electron chi connectivity index (χ0n) is 10.2. The Hall–Kier alpha value is -2.82. The predicted octanol–water partition coefficient (Wildman–Crippen LogP) is 3.13. The molecule has 1 N–H and O–H groups in total. The van der Waals surface area contributed by atoms with E-state index in [0.717, 1.165) is 0 Å². The maximum atomic E-state index is 13.3. The second-order valence-electron chi connectivity index (χ2n) is 4.23. The van der Waals surface area contributed by atoms with Crippen LogP contribution >= 0.6 is 0 Å². The minimum Gasteiger partial charge on any atom is -0.476 e. The SMILES string of the molecule is O=C(O)c1nc(-c2cccc(F)c2)nc2ccccc12. The highest BCUT2D eigenvalue weighted by atomic mass is 19.1. The topological polar surface area (TPSA) is 63.1 Å². The lowest BCUT2D eigenvalue weighted by molar-refractivity contribution is 0.0693. The zero-order chi connectivity index (χ0) is 14.1. The molecule has 0 saturated heterocycles. The lowest BCUT2D eigenvalue weighted by Gasteiger charge is -2.06. The van der Waals surface area contributed by atoms with Crippen LogP contribution in [0.2, 0.25) is 0 Å². The maximum absolute atomic E-state index is 13.3. The molecule has 1 aromatic heterocycles. The summed E-state index contributed by atoms with van der Waals surface area (Å²) in [4.78, 5) is 19.6. The summed E-state index contributed by atoms with van der Waals surface area (Å²) in [6.45, 7) is 0. The van der Waals surface area contributed by atoms with E-state index in [1.54, 1.807) is 30.3 Å². The van der Waals surface area contributed by atoms with Crippen LogP contribution in [0.1, 0.15) is 10.5 Å². The van der Waals surface area contributed by atoms with Crippen LogP contribution in [-0.4, -0.2) is 21.0 Å². The van der Waals surface area contributed by atoms with Gasteiger partial charge in [-0.05, 0) is 18.2 Å². The number of carbonyl (C=O) groups is 1. The first kappa shape index (κ1) is 12.2. The van der Waals surface area contributed by atoms with E-state index in [9.17, 15) is 14.3 Å². The van der Waals surface area contributed by atoms with Crippen LogP contribution in [0.5, 0.6) is 0 Å². The number of aromatic carboxylic acids is 1. The van der Waals surface area contributed by atoms with Gasteiger partial charge in [-0.15, -0.1) is 0 Å². The van der Waals surface area contributed by atoms with Crippen molar-refractivity contribution in [1.82, 2.24) is 9.97 Å². The molecular weight excluding hydrogens is 259 g/mol. The standard InChI is InChI=1S/C15H9FN2O2/c16-10-5-3-4-9(8-10)14-17-12-7-2-1-6-11(12)13(18-14)15(19)20/h1-8H,(H,19,20). The van der Waals surface area contributed by atoms with Gasteiger partial charge in [-0.25, -0.2) is 19.2 Å². The van der Waals surface area contributed by atoms with Crippen LogP contribution in [-0.2, 0) is 0 Å². The van der Waals surface area contributed by atoms with E-state index in [0.29, 0.717) is 16.5 Å². The van der Waals surface area contributed by atoms with Crippen molar-refractivity contribution in [1.29, 1.82) is 0 Å². The van der Waals surface area contributed by atoms with E-state index in [1.165, 1.54) is 18.2 Å². The Bertz CT molecular complexity index is 818. The Morgan fingerprint density at radius 2 is 1.85 bits per heavy atom. The quantitative estimate of drug-likeness (QED) is 0.775. The van der Waals surface area contributed by atoms with Crippen LogP contribution < -0.4 is 0 Å². The summed E-state index contributed by atoms with van der Waals surface area (Å²) in [5.41, 5.74) is 0.868.